The third-order valence-corrected chi connectivity index (χ3v) is 4.15. The van der Waals surface area contributed by atoms with E-state index in [4.69, 9.17) is 23.2 Å². The number of benzene rings is 2. The summed E-state index contributed by atoms with van der Waals surface area (Å²) in [5, 5.41) is 4.76. The normalized spacial score (nSPS) is 11.2. The fourth-order valence-electron chi connectivity index (χ4n) is 2.41. The Balaban J connectivity index is 1.55. The van der Waals surface area contributed by atoms with Gasteiger partial charge in [-0.25, -0.2) is 4.98 Å². The highest BCUT2D eigenvalue weighted by molar-refractivity contribution is 6.35. The number of nitrogens with one attached hydrogen (secondary N) is 2. The molecule has 0 unspecified atom stereocenters. The number of aromatic nitrogens is 2. The Bertz CT molecular complexity index is 796. The molecule has 0 spiro atoms. The van der Waals surface area contributed by atoms with Gasteiger partial charge in [0.25, 0.3) is 0 Å². The molecule has 114 valence electrons. The van der Waals surface area contributed by atoms with Gasteiger partial charge >= 0.3 is 0 Å². The zero-order valence-electron chi connectivity index (χ0n) is 12.3. The molecule has 2 N–H and O–H groups in total. The minimum absolute atomic E-state index is 0.666. The SMILES string of the molecule is Cc1ccc2nc(CNCCc3ccc(Cl)cc3Cl)[nH]c2c1. The van der Waals surface area contributed by atoms with E-state index in [2.05, 4.69) is 34.3 Å². The maximum absolute atomic E-state index is 6.16. The molecule has 0 fully saturated rings. The van der Waals surface area contributed by atoms with E-state index >= 15 is 0 Å². The standard InChI is InChI=1S/C17H17Cl2N3/c1-11-2-5-15-16(8-11)22-17(21-15)10-20-7-6-12-3-4-13(18)9-14(12)19/h2-5,8-9,20H,6-7,10H2,1H3,(H,21,22). The Morgan fingerprint density at radius 3 is 2.82 bits per heavy atom. The molecule has 5 heteroatoms. The Labute approximate surface area is 139 Å². The van der Waals surface area contributed by atoms with E-state index in [1.807, 2.05) is 18.2 Å². The van der Waals surface area contributed by atoms with E-state index in [0.717, 1.165) is 35.4 Å². The number of aromatic amines is 1. The van der Waals surface area contributed by atoms with Gasteiger partial charge in [-0.15, -0.1) is 0 Å². The minimum Gasteiger partial charge on any atom is -0.341 e. The fraction of sp³-hybridized carbons (Fsp3) is 0.235. The molecule has 1 aromatic heterocycles. The first-order valence-corrected chi connectivity index (χ1v) is 7.97. The number of rotatable bonds is 5. The van der Waals surface area contributed by atoms with Gasteiger partial charge in [-0.05, 0) is 55.3 Å². The zero-order valence-corrected chi connectivity index (χ0v) is 13.8. The lowest BCUT2D eigenvalue weighted by Crippen LogP contribution is -2.17. The first-order chi connectivity index (χ1) is 10.6. The number of fused-ring (bicyclic) bond motifs is 1. The molecule has 0 aliphatic carbocycles. The lowest BCUT2D eigenvalue weighted by atomic mass is 10.1. The summed E-state index contributed by atoms with van der Waals surface area (Å²) in [6.45, 7) is 3.62. The maximum atomic E-state index is 6.16. The van der Waals surface area contributed by atoms with Crippen LogP contribution >= 0.6 is 23.2 Å². The molecule has 0 bridgehead atoms. The molecular weight excluding hydrogens is 317 g/mol. The van der Waals surface area contributed by atoms with Crippen LogP contribution in [0.25, 0.3) is 11.0 Å². The third-order valence-electron chi connectivity index (χ3n) is 3.57. The van der Waals surface area contributed by atoms with Gasteiger partial charge in [-0.3, -0.25) is 0 Å². The number of hydrogen-bond acceptors (Lipinski definition) is 2. The van der Waals surface area contributed by atoms with Gasteiger partial charge in [-0.1, -0.05) is 35.3 Å². The molecule has 2 aromatic carbocycles. The smallest absolute Gasteiger partial charge is 0.121 e. The summed E-state index contributed by atoms with van der Waals surface area (Å²) in [5.41, 5.74) is 4.41. The first-order valence-electron chi connectivity index (χ1n) is 7.22. The molecule has 0 aliphatic heterocycles. The van der Waals surface area contributed by atoms with E-state index in [1.54, 1.807) is 6.07 Å². The molecule has 0 saturated carbocycles. The summed E-state index contributed by atoms with van der Waals surface area (Å²) < 4.78 is 0. The van der Waals surface area contributed by atoms with Gasteiger partial charge in [0.1, 0.15) is 5.82 Å². The summed E-state index contributed by atoms with van der Waals surface area (Å²) in [6, 6.07) is 11.8. The van der Waals surface area contributed by atoms with Crippen LogP contribution in [0.4, 0.5) is 0 Å². The lowest BCUT2D eigenvalue weighted by Gasteiger charge is -2.05. The third kappa shape index (κ3) is 3.61. The first kappa shape index (κ1) is 15.3. The summed E-state index contributed by atoms with van der Waals surface area (Å²) in [7, 11) is 0. The highest BCUT2D eigenvalue weighted by Crippen LogP contribution is 2.21. The van der Waals surface area contributed by atoms with Crippen LogP contribution in [0.5, 0.6) is 0 Å². The lowest BCUT2D eigenvalue weighted by molar-refractivity contribution is 0.666. The van der Waals surface area contributed by atoms with Crippen molar-refractivity contribution in [2.75, 3.05) is 6.54 Å². The molecular formula is C17H17Cl2N3. The van der Waals surface area contributed by atoms with Crippen molar-refractivity contribution in [1.29, 1.82) is 0 Å². The van der Waals surface area contributed by atoms with Crippen molar-refractivity contribution in [1.82, 2.24) is 15.3 Å². The van der Waals surface area contributed by atoms with Gasteiger partial charge < -0.3 is 10.3 Å². The molecule has 0 amide bonds. The molecule has 3 nitrogen and oxygen atoms in total. The van der Waals surface area contributed by atoms with Crippen molar-refractivity contribution >= 4 is 34.2 Å². The summed E-state index contributed by atoms with van der Waals surface area (Å²) in [6.07, 6.45) is 0.856. The number of aryl methyl sites for hydroxylation is 1. The van der Waals surface area contributed by atoms with Crippen molar-refractivity contribution < 1.29 is 0 Å². The van der Waals surface area contributed by atoms with E-state index in [1.165, 1.54) is 5.56 Å². The van der Waals surface area contributed by atoms with Gasteiger partial charge in [0.05, 0.1) is 17.6 Å². The molecule has 3 aromatic rings. The molecule has 1 heterocycles. The average molecular weight is 334 g/mol. The Morgan fingerprint density at radius 1 is 1.14 bits per heavy atom. The highest BCUT2D eigenvalue weighted by atomic mass is 35.5. The maximum Gasteiger partial charge on any atom is 0.121 e. The van der Waals surface area contributed by atoms with Gasteiger partial charge in [0.2, 0.25) is 0 Å². The van der Waals surface area contributed by atoms with Crippen molar-refractivity contribution in [3.63, 3.8) is 0 Å². The fourth-order valence-corrected chi connectivity index (χ4v) is 2.92. The molecule has 0 radical (unpaired) electrons. The molecule has 22 heavy (non-hydrogen) atoms. The second-order valence-corrected chi connectivity index (χ2v) is 6.21. The second kappa shape index (κ2) is 6.69. The van der Waals surface area contributed by atoms with Gasteiger partial charge in [-0.2, -0.15) is 0 Å². The Kier molecular flexibility index (Phi) is 4.67. The monoisotopic (exact) mass is 333 g/mol. The zero-order chi connectivity index (χ0) is 15.5. The Hall–Kier alpha value is -1.55. The number of hydrogen-bond donors (Lipinski definition) is 2. The largest absolute Gasteiger partial charge is 0.341 e. The van der Waals surface area contributed by atoms with Crippen LogP contribution in [0, 0.1) is 6.92 Å². The minimum atomic E-state index is 0.666. The van der Waals surface area contributed by atoms with Crippen molar-refractivity contribution in [3.8, 4) is 0 Å². The van der Waals surface area contributed by atoms with Crippen LogP contribution in [0.3, 0.4) is 0 Å². The number of nitrogens with zero attached hydrogens (tertiary/aromatic N) is 1. The molecule has 0 aliphatic rings. The van der Waals surface area contributed by atoms with Crippen LogP contribution < -0.4 is 5.32 Å². The van der Waals surface area contributed by atoms with Crippen LogP contribution in [-0.4, -0.2) is 16.5 Å². The summed E-state index contributed by atoms with van der Waals surface area (Å²) in [4.78, 5) is 7.90. The van der Waals surface area contributed by atoms with E-state index in [0.29, 0.717) is 16.6 Å². The van der Waals surface area contributed by atoms with E-state index in [9.17, 15) is 0 Å². The second-order valence-electron chi connectivity index (χ2n) is 5.37. The van der Waals surface area contributed by atoms with Crippen LogP contribution in [-0.2, 0) is 13.0 Å². The predicted octanol–water partition coefficient (Wildman–Crippen LogP) is 4.51. The van der Waals surface area contributed by atoms with Crippen LogP contribution in [0.1, 0.15) is 17.0 Å². The van der Waals surface area contributed by atoms with E-state index < -0.39 is 0 Å². The molecule has 0 saturated heterocycles. The number of H-pyrrole nitrogens is 1. The van der Waals surface area contributed by atoms with Gasteiger partial charge in [0.15, 0.2) is 0 Å². The highest BCUT2D eigenvalue weighted by Gasteiger charge is 2.04. The summed E-state index contributed by atoms with van der Waals surface area (Å²) in [5.74, 6) is 0.947. The predicted molar refractivity (Wildman–Crippen MR) is 92.7 cm³/mol. The van der Waals surface area contributed by atoms with Crippen molar-refractivity contribution in [2.45, 2.75) is 19.9 Å². The van der Waals surface area contributed by atoms with Crippen LogP contribution in [0.2, 0.25) is 10.0 Å². The summed E-state index contributed by atoms with van der Waals surface area (Å²) >= 11 is 12.1. The topological polar surface area (TPSA) is 40.7 Å². The van der Waals surface area contributed by atoms with E-state index in [-0.39, 0.29) is 0 Å². The van der Waals surface area contributed by atoms with Crippen LogP contribution in [0.15, 0.2) is 36.4 Å². The average Bonchev–Trinajstić information content (AvgIpc) is 2.87. The Morgan fingerprint density at radius 2 is 2.00 bits per heavy atom. The quantitative estimate of drug-likeness (QED) is 0.674. The van der Waals surface area contributed by atoms with Crippen molar-refractivity contribution in [3.05, 3.63) is 63.4 Å². The molecule has 3 rings (SSSR count). The van der Waals surface area contributed by atoms with Gasteiger partial charge in [0, 0.05) is 10.0 Å². The number of imidazole rings is 1. The number of halogens is 2. The van der Waals surface area contributed by atoms with Crippen molar-refractivity contribution in [2.24, 2.45) is 0 Å². The molecule has 0 atom stereocenters.